The Kier molecular flexibility index (Phi) is 6.26. The van der Waals surface area contributed by atoms with Gasteiger partial charge in [-0.3, -0.25) is 0 Å². The minimum atomic E-state index is 0.502. The highest BCUT2D eigenvalue weighted by Crippen LogP contribution is 2.25. The van der Waals surface area contributed by atoms with Crippen LogP contribution >= 0.6 is 0 Å². The average Bonchev–Trinajstić information content (AvgIpc) is 2.23. The molecule has 3 unspecified atom stereocenters. The molecule has 0 aromatic rings. The number of hydrogen-bond acceptors (Lipinski definition) is 2. The van der Waals surface area contributed by atoms with Gasteiger partial charge in [-0.15, -0.1) is 0 Å². The fourth-order valence-electron chi connectivity index (χ4n) is 2.26. The Hall–Kier alpha value is -0.0800. The molecular weight excluding hydrogens is 186 g/mol. The summed E-state index contributed by atoms with van der Waals surface area (Å²) in [6.45, 7) is 8.72. The molecule has 1 N–H and O–H groups in total. The van der Waals surface area contributed by atoms with Crippen LogP contribution in [0.4, 0.5) is 0 Å². The highest BCUT2D eigenvalue weighted by atomic mass is 16.5. The summed E-state index contributed by atoms with van der Waals surface area (Å²) >= 11 is 0. The molecule has 1 aliphatic carbocycles. The van der Waals surface area contributed by atoms with E-state index in [0.29, 0.717) is 12.1 Å². The Morgan fingerprint density at radius 3 is 2.87 bits per heavy atom. The molecule has 0 bridgehead atoms. The molecule has 90 valence electrons. The van der Waals surface area contributed by atoms with Gasteiger partial charge < -0.3 is 10.1 Å². The molecule has 0 amide bonds. The molecule has 1 saturated carbocycles. The van der Waals surface area contributed by atoms with Crippen LogP contribution in [0.3, 0.4) is 0 Å². The first-order valence-electron chi connectivity index (χ1n) is 6.57. The fourth-order valence-corrected chi connectivity index (χ4v) is 2.26. The molecule has 2 heteroatoms. The fraction of sp³-hybridized carbons (Fsp3) is 1.00. The maximum Gasteiger partial charge on any atom is 0.0620 e. The smallest absolute Gasteiger partial charge is 0.0620 e. The Morgan fingerprint density at radius 2 is 2.20 bits per heavy atom. The van der Waals surface area contributed by atoms with Crippen molar-refractivity contribution in [2.75, 3.05) is 13.2 Å². The van der Waals surface area contributed by atoms with Gasteiger partial charge in [0.25, 0.3) is 0 Å². The van der Waals surface area contributed by atoms with E-state index in [1.165, 1.54) is 32.1 Å². The van der Waals surface area contributed by atoms with Crippen molar-refractivity contribution in [2.45, 2.75) is 65.0 Å². The lowest BCUT2D eigenvalue weighted by Crippen LogP contribution is -2.34. The van der Waals surface area contributed by atoms with Crippen LogP contribution in [0.5, 0.6) is 0 Å². The normalized spacial score (nSPS) is 29.0. The first kappa shape index (κ1) is 13.0. The van der Waals surface area contributed by atoms with E-state index < -0.39 is 0 Å². The average molecular weight is 213 g/mol. The molecule has 15 heavy (non-hydrogen) atoms. The summed E-state index contributed by atoms with van der Waals surface area (Å²) in [6.07, 6.45) is 7.00. The summed E-state index contributed by atoms with van der Waals surface area (Å²) in [7, 11) is 0. The number of rotatable bonds is 6. The van der Waals surface area contributed by atoms with E-state index in [2.05, 4.69) is 26.1 Å². The second kappa shape index (κ2) is 7.24. The third-order valence-corrected chi connectivity index (χ3v) is 3.21. The maximum atomic E-state index is 5.95. The van der Waals surface area contributed by atoms with Gasteiger partial charge in [0.1, 0.15) is 0 Å². The van der Waals surface area contributed by atoms with E-state index in [1.54, 1.807) is 0 Å². The van der Waals surface area contributed by atoms with Crippen LogP contribution in [-0.4, -0.2) is 25.3 Å². The van der Waals surface area contributed by atoms with Gasteiger partial charge in [0, 0.05) is 6.04 Å². The molecular formula is C13H27NO. The Labute approximate surface area is 94.8 Å². The number of hydrogen-bond donors (Lipinski definition) is 1. The lowest BCUT2D eigenvalue weighted by molar-refractivity contribution is 0.00652. The molecule has 2 nitrogen and oxygen atoms in total. The van der Waals surface area contributed by atoms with Crippen molar-refractivity contribution in [3.05, 3.63) is 0 Å². The second-order valence-electron chi connectivity index (χ2n) is 5.08. The Bertz CT molecular complexity index is 161. The molecule has 0 radical (unpaired) electrons. The molecule has 1 rings (SSSR count). The van der Waals surface area contributed by atoms with E-state index in [-0.39, 0.29) is 0 Å². The van der Waals surface area contributed by atoms with Crippen LogP contribution in [0.15, 0.2) is 0 Å². The Morgan fingerprint density at radius 1 is 1.40 bits per heavy atom. The van der Waals surface area contributed by atoms with Crippen molar-refractivity contribution in [1.29, 1.82) is 0 Å². The Balaban J connectivity index is 2.07. The predicted molar refractivity (Wildman–Crippen MR) is 65.1 cm³/mol. The second-order valence-corrected chi connectivity index (χ2v) is 5.08. The lowest BCUT2D eigenvalue weighted by Gasteiger charge is -2.28. The largest absolute Gasteiger partial charge is 0.377 e. The summed E-state index contributed by atoms with van der Waals surface area (Å²) < 4.78 is 5.95. The van der Waals surface area contributed by atoms with Gasteiger partial charge in [0.15, 0.2) is 0 Å². The molecule has 1 aliphatic rings. The van der Waals surface area contributed by atoms with Crippen LogP contribution in [0.25, 0.3) is 0 Å². The van der Waals surface area contributed by atoms with Crippen molar-refractivity contribution >= 4 is 0 Å². The monoisotopic (exact) mass is 213 g/mol. The molecule has 3 atom stereocenters. The highest BCUT2D eigenvalue weighted by Gasteiger charge is 2.19. The lowest BCUT2D eigenvalue weighted by atomic mass is 9.89. The van der Waals surface area contributed by atoms with Crippen molar-refractivity contribution in [1.82, 2.24) is 5.32 Å². The van der Waals surface area contributed by atoms with Crippen LogP contribution in [0, 0.1) is 5.92 Å². The van der Waals surface area contributed by atoms with Crippen LogP contribution in [-0.2, 0) is 4.74 Å². The molecule has 0 heterocycles. The molecule has 0 aromatic carbocycles. The van der Waals surface area contributed by atoms with Gasteiger partial charge in [-0.25, -0.2) is 0 Å². The van der Waals surface area contributed by atoms with Crippen molar-refractivity contribution in [2.24, 2.45) is 5.92 Å². The highest BCUT2D eigenvalue weighted by molar-refractivity contribution is 4.71. The summed E-state index contributed by atoms with van der Waals surface area (Å²) in [5.41, 5.74) is 0. The van der Waals surface area contributed by atoms with E-state index in [9.17, 15) is 0 Å². The van der Waals surface area contributed by atoms with Crippen molar-refractivity contribution in [3.63, 3.8) is 0 Å². The van der Waals surface area contributed by atoms with Crippen LogP contribution < -0.4 is 5.32 Å². The van der Waals surface area contributed by atoms with E-state index in [1.807, 2.05) is 0 Å². The third kappa shape index (κ3) is 5.53. The zero-order valence-corrected chi connectivity index (χ0v) is 10.6. The summed E-state index contributed by atoms with van der Waals surface area (Å²) in [4.78, 5) is 0. The van der Waals surface area contributed by atoms with Crippen LogP contribution in [0.1, 0.15) is 52.9 Å². The maximum absolute atomic E-state index is 5.95. The zero-order chi connectivity index (χ0) is 11.1. The van der Waals surface area contributed by atoms with Crippen LogP contribution in [0.2, 0.25) is 0 Å². The van der Waals surface area contributed by atoms with Crippen molar-refractivity contribution in [3.8, 4) is 0 Å². The zero-order valence-electron chi connectivity index (χ0n) is 10.6. The molecule has 0 aromatic heterocycles. The standard InChI is InChI=1S/C13H27NO/c1-4-8-14-12(3)10-15-13-7-5-6-11(2)9-13/h11-14H,4-10H2,1-3H3. The van der Waals surface area contributed by atoms with E-state index in [4.69, 9.17) is 4.74 Å². The number of nitrogens with one attached hydrogen (secondary N) is 1. The van der Waals surface area contributed by atoms with Gasteiger partial charge in [0.05, 0.1) is 12.7 Å². The van der Waals surface area contributed by atoms with Gasteiger partial charge in [-0.1, -0.05) is 26.7 Å². The first-order chi connectivity index (χ1) is 7.22. The van der Waals surface area contributed by atoms with Gasteiger partial charge in [-0.2, -0.15) is 0 Å². The van der Waals surface area contributed by atoms with E-state index in [0.717, 1.165) is 19.1 Å². The van der Waals surface area contributed by atoms with Gasteiger partial charge in [-0.05, 0) is 38.6 Å². The summed E-state index contributed by atoms with van der Waals surface area (Å²) in [5, 5.41) is 3.46. The molecule has 0 saturated heterocycles. The SMILES string of the molecule is CCCNC(C)COC1CCCC(C)C1. The minimum absolute atomic E-state index is 0.502. The minimum Gasteiger partial charge on any atom is -0.377 e. The molecule has 0 spiro atoms. The summed E-state index contributed by atoms with van der Waals surface area (Å²) in [5.74, 6) is 0.864. The van der Waals surface area contributed by atoms with Gasteiger partial charge >= 0.3 is 0 Å². The predicted octanol–water partition coefficient (Wildman–Crippen LogP) is 2.97. The quantitative estimate of drug-likeness (QED) is 0.732. The topological polar surface area (TPSA) is 21.3 Å². The third-order valence-electron chi connectivity index (χ3n) is 3.21. The molecule has 0 aliphatic heterocycles. The van der Waals surface area contributed by atoms with Crippen molar-refractivity contribution < 1.29 is 4.74 Å². The van der Waals surface area contributed by atoms with E-state index >= 15 is 0 Å². The van der Waals surface area contributed by atoms with Gasteiger partial charge in [0.2, 0.25) is 0 Å². The summed E-state index contributed by atoms with van der Waals surface area (Å²) in [6, 6.07) is 0.502. The molecule has 1 fully saturated rings. The first-order valence-corrected chi connectivity index (χ1v) is 6.57. The number of ether oxygens (including phenoxy) is 1.